The van der Waals surface area contributed by atoms with Crippen molar-refractivity contribution >= 4 is 12.2 Å². The van der Waals surface area contributed by atoms with Gasteiger partial charge >= 0.3 is 6.18 Å². The normalized spacial score (nSPS) is 12.3. The maximum Gasteiger partial charge on any atom is 0.419 e. The second-order valence-corrected chi connectivity index (χ2v) is 4.16. The Morgan fingerprint density at radius 3 is 2.43 bits per heavy atom. The summed E-state index contributed by atoms with van der Waals surface area (Å²) in [7, 11) is 0. The van der Waals surface area contributed by atoms with Gasteiger partial charge in [0.25, 0.3) is 0 Å². The largest absolute Gasteiger partial charge is 0.419 e. The molecule has 4 nitrogen and oxygen atoms in total. The summed E-state index contributed by atoms with van der Waals surface area (Å²) in [6.45, 7) is 1.64. The summed E-state index contributed by atoms with van der Waals surface area (Å²) >= 11 is 0. The number of anilines is 1. The molecule has 0 aliphatic rings. The summed E-state index contributed by atoms with van der Waals surface area (Å²) in [6.07, 6.45) is -2.69. The van der Waals surface area contributed by atoms with Gasteiger partial charge in [-0.25, -0.2) is 18.4 Å². The number of aromatic nitrogens is 2. The van der Waals surface area contributed by atoms with Crippen LogP contribution in [0.5, 0.6) is 0 Å². The van der Waals surface area contributed by atoms with Crippen LogP contribution >= 0.6 is 0 Å². The Bertz CT molecular complexity index is 702. The second-order valence-electron chi connectivity index (χ2n) is 4.16. The Morgan fingerprint density at radius 2 is 1.90 bits per heavy atom. The summed E-state index contributed by atoms with van der Waals surface area (Å²) in [6, 6.07) is 1.23. The van der Waals surface area contributed by atoms with Crippen LogP contribution in [0.4, 0.5) is 27.9 Å². The zero-order chi connectivity index (χ0) is 15.8. The van der Waals surface area contributed by atoms with Crippen molar-refractivity contribution < 1.29 is 22.0 Å². The molecule has 0 saturated heterocycles. The molecule has 0 aliphatic carbocycles. The molecule has 0 aliphatic heterocycles. The van der Waals surface area contributed by atoms with Gasteiger partial charge in [0.05, 0.1) is 23.7 Å². The summed E-state index contributed by atoms with van der Waals surface area (Å²) in [4.78, 5) is 3.82. The third kappa shape index (κ3) is 3.01. The van der Waals surface area contributed by atoms with Crippen molar-refractivity contribution in [1.29, 1.82) is 0 Å². The number of benzene rings is 1. The molecule has 1 aromatic carbocycles. The Morgan fingerprint density at radius 1 is 1.24 bits per heavy atom. The summed E-state index contributed by atoms with van der Waals surface area (Å²) in [5.74, 6) is -3.60. The molecule has 2 rings (SSSR count). The van der Waals surface area contributed by atoms with Gasteiger partial charge in [0.15, 0.2) is 11.6 Å². The Labute approximate surface area is 115 Å². The van der Waals surface area contributed by atoms with Crippen LogP contribution in [0.2, 0.25) is 0 Å². The number of hydrogen-bond donors (Lipinski definition) is 1. The smallest absolute Gasteiger partial charge is 0.368 e. The summed E-state index contributed by atoms with van der Waals surface area (Å²) < 4.78 is 65.2. The predicted octanol–water partition coefficient (Wildman–Crippen LogP) is 2.95. The van der Waals surface area contributed by atoms with Gasteiger partial charge in [-0.2, -0.15) is 18.3 Å². The van der Waals surface area contributed by atoms with Crippen molar-refractivity contribution in [3.05, 3.63) is 46.8 Å². The molecular formula is C12H9F5N4. The van der Waals surface area contributed by atoms with E-state index in [0.717, 1.165) is 17.0 Å². The highest BCUT2D eigenvalue weighted by Gasteiger charge is 2.35. The van der Waals surface area contributed by atoms with Gasteiger partial charge in [-0.1, -0.05) is 0 Å². The maximum atomic E-state index is 13.6. The van der Waals surface area contributed by atoms with E-state index in [1.54, 1.807) is 6.92 Å². The van der Waals surface area contributed by atoms with Crippen LogP contribution in [0, 0.1) is 18.6 Å². The number of hydrogen-bond acceptors (Lipinski definition) is 3. The summed E-state index contributed by atoms with van der Waals surface area (Å²) in [5, 5.41) is 3.71. The Balaban J connectivity index is 2.38. The summed E-state index contributed by atoms with van der Waals surface area (Å²) in [5.41, 5.74) is 3.91. The minimum atomic E-state index is -4.97. The lowest BCUT2D eigenvalue weighted by atomic mass is 10.1. The van der Waals surface area contributed by atoms with Crippen LogP contribution in [0.15, 0.2) is 23.4 Å². The predicted molar refractivity (Wildman–Crippen MR) is 65.7 cm³/mol. The molecule has 0 unspecified atom stereocenters. The fourth-order valence-corrected chi connectivity index (χ4v) is 1.60. The quantitative estimate of drug-likeness (QED) is 0.685. The van der Waals surface area contributed by atoms with Gasteiger partial charge in [-0.15, -0.1) is 0 Å². The molecule has 2 N–H and O–H groups in total. The van der Waals surface area contributed by atoms with Crippen molar-refractivity contribution in [2.24, 2.45) is 5.10 Å². The van der Waals surface area contributed by atoms with E-state index in [1.165, 1.54) is 6.20 Å². The number of imidazole rings is 1. The number of alkyl halides is 3. The first-order chi connectivity index (χ1) is 9.70. The highest BCUT2D eigenvalue weighted by molar-refractivity contribution is 5.80. The van der Waals surface area contributed by atoms with Gasteiger partial charge in [-0.3, -0.25) is 0 Å². The van der Waals surface area contributed by atoms with Crippen LogP contribution in [0.1, 0.15) is 16.8 Å². The minimum absolute atomic E-state index is 0.0107. The van der Waals surface area contributed by atoms with Gasteiger partial charge in [0.2, 0.25) is 5.95 Å². The average molecular weight is 304 g/mol. The van der Waals surface area contributed by atoms with Crippen LogP contribution in [-0.4, -0.2) is 15.9 Å². The third-order valence-electron chi connectivity index (χ3n) is 2.57. The SMILES string of the molecule is Cc1cn(N=Cc2ccc(C(F)(F)F)c(F)c2F)c(N)n1. The molecule has 0 saturated carbocycles. The molecule has 1 aromatic heterocycles. The number of aryl methyl sites for hydroxylation is 1. The Hall–Kier alpha value is -2.45. The van der Waals surface area contributed by atoms with E-state index >= 15 is 0 Å². The fraction of sp³-hybridized carbons (Fsp3) is 0.167. The van der Waals surface area contributed by atoms with Crippen LogP contribution < -0.4 is 5.73 Å². The van der Waals surface area contributed by atoms with Crippen molar-refractivity contribution in [3.63, 3.8) is 0 Å². The first kappa shape index (κ1) is 14.9. The zero-order valence-electron chi connectivity index (χ0n) is 10.6. The van der Waals surface area contributed by atoms with Crippen molar-refractivity contribution in [2.75, 3.05) is 5.73 Å². The standard InChI is InChI=1S/C12H9F5N4/c1-6-5-21(11(18)20-6)19-4-7-2-3-8(12(15,16)17)10(14)9(7)13/h2-5H,1H3,(H2,18,20). The third-order valence-corrected chi connectivity index (χ3v) is 2.57. The fourth-order valence-electron chi connectivity index (χ4n) is 1.60. The number of nitrogens with zero attached hydrogens (tertiary/aromatic N) is 3. The molecule has 0 amide bonds. The van der Waals surface area contributed by atoms with Gasteiger partial charge in [0.1, 0.15) is 0 Å². The average Bonchev–Trinajstić information content (AvgIpc) is 2.68. The zero-order valence-corrected chi connectivity index (χ0v) is 10.6. The van der Waals surface area contributed by atoms with E-state index in [9.17, 15) is 22.0 Å². The molecule has 1 heterocycles. The first-order valence-corrected chi connectivity index (χ1v) is 5.61. The van der Waals surface area contributed by atoms with E-state index in [2.05, 4.69) is 10.1 Å². The molecule has 2 aromatic rings. The number of nitrogen functional groups attached to an aromatic ring is 1. The molecule has 0 atom stereocenters. The monoisotopic (exact) mass is 304 g/mol. The number of nitrogens with two attached hydrogens (primary N) is 1. The molecule has 21 heavy (non-hydrogen) atoms. The van der Waals surface area contributed by atoms with Crippen LogP contribution in [0.3, 0.4) is 0 Å². The van der Waals surface area contributed by atoms with E-state index in [4.69, 9.17) is 5.73 Å². The molecule has 112 valence electrons. The molecular weight excluding hydrogens is 295 g/mol. The molecule has 0 radical (unpaired) electrons. The van der Waals surface area contributed by atoms with Gasteiger partial charge < -0.3 is 5.73 Å². The molecule has 0 bridgehead atoms. The first-order valence-electron chi connectivity index (χ1n) is 5.61. The maximum absolute atomic E-state index is 13.6. The van der Waals surface area contributed by atoms with E-state index in [1.807, 2.05) is 0 Å². The lowest BCUT2D eigenvalue weighted by Crippen LogP contribution is -2.11. The molecule has 0 fully saturated rings. The van der Waals surface area contributed by atoms with E-state index < -0.39 is 28.9 Å². The highest BCUT2D eigenvalue weighted by Crippen LogP contribution is 2.32. The van der Waals surface area contributed by atoms with Crippen molar-refractivity contribution in [2.45, 2.75) is 13.1 Å². The number of rotatable bonds is 2. The molecule has 9 heteroatoms. The second kappa shape index (κ2) is 5.15. The topological polar surface area (TPSA) is 56.2 Å². The Kier molecular flexibility index (Phi) is 3.67. The molecule has 0 spiro atoms. The van der Waals surface area contributed by atoms with Gasteiger partial charge in [0, 0.05) is 5.56 Å². The number of halogens is 5. The van der Waals surface area contributed by atoms with Crippen molar-refractivity contribution in [1.82, 2.24) is 9.66 Å². The minimum Gasteiger partial charge on any atom is -0.368 e. The van der Waals surface area contributed by atoms with E-state index in [0.29, 0.717) is 11.8 Å². The van der Waals surface area contributed by atoms with E-state index in [-0.39, 0.29) is 5.95 Å². The highest BCUT2D eigenvalue weighted by atomic mass is 19.4. The lowest BCUT2D eigenvalue weighted by molar-refractivity contribution is -0.140. The lowest BCUT2D eigenvalue weighted by Gasteiger charge is -2.09. The van der Waals surface area contributed by atoms with Crippen LogP contribution in [0.25, 0.3) is 0 Å². The van der Waals surface area contributed by atoms with Gasteiger partial charge in [-0.05, 0) is 19.1 Å². The van der Waals surface area contributed by atoms with Crippen molar-refractivity contribution in [3.8, 4) is 0 Å². The van der Waals surface area contributed by atoms with Crippen LogP contribution in [-0.2, 0) is 6.18 Å².